The maximum atomic E-state index is 5.19. The average molecular weight is 324 g/mol. The molecule has 0 N–H and O–H groups in total. The summed E-state index contributed by atoms with van der Waals surface area (Å²) in [5.41, 5.74) is 3.07. The molecule has 0 atom stereocenters. The molecule has 3 nitrogen and oxygen atoms in total. The average Bonchev–Trinajstić information content (AvgIpc) is 3.21. The minimum atomic E-state index is 0.853. The van der Waals surface area contributed by atoms with E-state index < -0.39 is 0 Å². The van der Waals surface area contributed by atoms with Crippen molar-refractivity contribution in [3.8, 4) is 27.0 Å². The third kappa shape index (κ3) is 2.38. The summed E-state index contributed by atoms with van der Waals surface area (Å²) in [4.78, 5) is 9.39. The van der Waals surface area contributed by atoms with Crippen molar-refractivity contribution < 1.29 is 4.74 Å². The molecule has 2 aromatic heterocycles. The molecule has 4 rings (SSSR count). The van der Waals surface area contributed by atoms with Gasteiger partial charge in [-0.15, -0.1) is 22.7 Å². The number of hydrogen-bond acceptors (Lipinski definition) is 5. The highest BCUT2D eigenvalue weighted by Crippen LogP contribution is 2.33. The molecular formula is C17H12N2OS2. The van der Waals surface area contributed by atoms with Crippen LogP contribution in [0.1, 0.15) is 0 Å². The number of ether oxygens (including phenoxy) is 1. The van der Waals surface area contributed by atoms with Gasteiger partial charge in [0.05, 0.1) is 17.3 Å². The fourth-order valence-corrected chi connectivity index (χ4v) is 4.03. The number of nitrogens with zero attached hydrogens (tertiary/aromatic N) is 2. The van der Waals surface area contributed by atoms with E-state index in [2.05, 4.69) is 16.4 Å². The Morgan fingerprint density at radius 2 is 1.73 bits per heavy atom. The number of fused-ring (bicyclic) bond motifs is 1. The van der Waals surface area contributed by atoms with Gasteiger partial charge in [0.25, 0.3) is 0 Å². The van der Waals surface area contributed by atoms with Crippen molar-refractivity contribution in [1.82, 2.24) is 9.97 Å². The quantitative estimate of drug-likeness (QED) is 0.526. The first kappa shape index (κ1) is 13.4. The van der Waals surface area contributed by atoms with Crippen molar-refractivity contribution >= 4 is 32.9 Å². The summed E-state index contributed by atoms with van der Waals surface area (Å²) in [7, 11) is 1.67. The minimum Gasteiger partial charge on any atom is -0.497 e. The molecule has 0 amide bonds. The first-order valence-electron chi connectivity index (χ1n) is 6.79. The lowest BCUT2D eigenvalue weighted by Crippen LogP contribution is -1.82. The number of rotatable bonds is 3. The van der Waals surface area contributed by atoms with Crippen LogP contribution in [0.3, 0.4) is 0 Å². The van der Waals surface area contributed by atoms with E-state index in [-0.39, 0.29) is 0 Å². The Kier molecular flexibility index (Phi) is 3.36. The fraction of sp³-hybridized carbons (Fsp3) is 0.0588. The molecule has 0 saturated heterocycles. The van der Waals surface area contributed by atoms with Crippen molar-refractivity contribution in [2.75, 3.05) is 7.11 Å². The van der Waals surface area contributed by atoms with Gasteiger partial charge in [-0.1, -0.05) is 12.1 Å². The lowest BCUT2D eigenvalue weighted by atomic mass is 10.2. The predicted molar refractivity (Wildman–Crippen MR) is 92.7 cm³/mol. The van der Waals surface area contributed by atoms with Gasteiger partial charge in [0.15, 0.2) is 0 Å². The summed E-state index contributed by atoms with van der Waals surface area (Å²) in [6, 6.07) is 16.1. The summed E-state index contributed by atoms with van der Waals surface area (Å²) in [6.45, 7) is 0. The van der Waals surface area contributed by atoms with E-state index in [1.54, 1.807) is 29.8 Å². The van der Waals surface area contributed by atoms with Crippen LogP contribution in [0, 0.1) is 0 Å². The fourth-order valence-electron chi connectivity index (χ4n) is 2.22. The van der Waals surface area contributed by atoms with E-state index in [1.807, 2.05) is 42.5 Å². The second kappa shape index (κ2) is 5.51. The second-order valence-electron chi connectivity index (χ2n) is 4.75. The van der Waals surface area contributed by atoms with E-state index in [0.29, 0.717) is 0 Å². The van der Waals surface area contributed by atoms with E-state index in [9.17, 15) is 0 Å². The number of thiazole rings is 2. The molecule has 0 radical (unpaired) electrons. The Labute approximate surface area is 135 Å². The Balaban J connectivity index is 1.70. The zero-order chi connectivity index (χ0) is 14.9. The second-order valence-corrected chi connectivity index (χ2v) is 6.64. The lowest BCUT2D eigenvalue weighted by Gasteiger charge is -2.00. The molecule has 0 saturated carbocycles. The summed E-state index contributed by atoms with van der Waals surface area (Å²) in [6.07, 6.45) is 0. The topological polar surface area (TPSA) is 35.0 Å². The van der Waals surface area contributed by atoms with Crippen LogP contribution in [0.25, 0.3) is 31.5 Å². The first-order chi connectivity index (χ1) is 10.8. The van der Waals surface area contributed by atoms with Gasteiger partial charge in [-0.25, -0.2) is 9.97 Å². The van der Waals surface area contributed by atoms with Gasteiger partial charge in [0.2, 0.25) is 0 Å². The zero-order valence-corrected chi connectivity index (χ0v) is 13.4. The van der Waals surface area contributed by atoms with E-state index >= 15 is 0 Å². The molecule has 2 aromatic carbocycles. The van der Waals surface area contributed by atoms with Crippen molar-refractivity contribution in [2.24, 2.45) is 0 Å². The lowest BCUT2D eigenvalue weighted by molar-refractivity contribution is 0.415. The molecule has 0 fully saturated rings. The van der Waals surface area contributed by atoms with Crippen LogP contribution in [0.4, 0.5) is 0 Å². The molecule has 0 unspecified atom stereocenters. The Hall–Kier alpha value is -2.24. The van der Waals surface area contributed by atoms with Crippen molar-refractivity contribution in [3.63, 3.8) is 0 Å². The Bertz CT molecular complexity index is 892. The standard InChI is InChI=1S/C17H12N2OS2/c1-20-12-8-6-11(7-9-12)16-19-14(10-21-16)17-18-13-4-2-3-5-15(13)22-17/h2-10H,1H3. The summed E-state index contributed by atoms with van der Waals surface area (Å²) >= 11 is 3.31. The van der Waals surface area contributed by atoms with Gasteiger partial charge in [0.1, 0.15) is 21.5 Å². The first-order valence-corrected chi connectivity index (χ1v) is 8.49. The molecule has 0 aliphatic heterocycles. The normalized spacial score (nSPS) is 11.0. The van der Waals surface area contributed by atoms with Crippen LogP contribution in [-0.4, -0.2) is 17.1 Å². The molecule has 5 heteroatoms. The van der Waals surface area contributed by atoms with Gasteiger partial charge in [-0.2, -0.15) is 0 Å². The van der Waals surface area contributed by atoms with Crippen LogP contribution in [-0.2, 0) is 0 Å². The predicted octanol–water partition coefficient (Wildman–Crippen LogP) is 5.10. The summed E-state index contributed by atoms with van der Waals surface area (Å²) in [5, 5.41) is 4.03. The molecule has 2 heterocycles. The van der Waals surface area contributed by atoms with Crippen molar-refractivity contribution in [2.45, 2.75) is 0 Å². The van der Waals surface area contributed by atoms with Gasteiger partial charge < -0.3 is 4.74 Å². The van der Waals surface area contributed by atoms with Crippen LogP contribution in [0.5, 0.6) is 5.75 Å². The Morgan fingerprint density at radius 3 is 2.50 bits per heavy atom. The van der Waals surface area contributed by atoms with E-state index in [1.165, 1.54) is 4.70 Å². The molecule has 0 aliphatic carbocycles. The smallest absolute Gasteiger partial charge is 0.144 e. The summed E-state index contributed by atoms with van der Waals surface area (Å²) < 4.78 is 6.38. The van der Waals surface area contributed by atoms with Gasteiger partial charge in [-0.05, 0) is 36.4 Å². The highest BCUT2D eigenvalue weighted by Gasteiger charge is 2.11. The maximum Gasteiger partial charge on any atom is 0.144 e. The third-order valence-corrected chi connectivity index (χ3v) is 5.30. The van der Waals surface area contributed by atoms with Crippen LogP contribution >= 0.6 is 22.7 Å². The maximum absolute atomic E-state index is 5.19. The third-order valence-electron chi connectivity index (χ3n) is 3.35. The van der Waals surface area contributed by atoms with Crippen LogP contribution in [0.2, 0.25) is 0 Å². The molecule has 0 bridgehead atoms. The van der Waals surface area contributed by atoms with Gasteiger partial charge >= 0.3 is 0 Å². The van der Waals surface area contributed by atoms with Gasteiger partial charge in [0, 0.05) is 10.9 Å². The van der Waals surface area contributed by atoms with E-state index in [0.717, 1.165) is 32.5 Å². The summed E-state index contributed by atoms with van der Waals surface area (Å²) in [5.74, 6) is 0.853. The van der Waals surface area contributed by atoms with Crippen molar-refractivity contribution in [3.05, 3.63) is 53.9 Å². The molecule has 22 heavy (non-hydrogen) atoms. The highest BCUT2D eigenvalue weighted by atomic mass is 32.1. The number of methoxy groups -OCH3 is 1. The van der Waals surface area contributed by atoms with Gasteiger partial charge in [-0.3, -0.25) is 0 Å². The molecular weight excluding hydrogens is 312 g/mol. The molecule has 0 spiro atoms. The Morgan fingerprint density at radius 1 is 0.909 bits per heavy atom. The zero-order valence-electron chi connectivity index (χ0n) is 11.8. The van der Waals surface area contributed by atoms with Crippen molar-refractivity contribution in [1.29, 1.82) is 0 Å². The molecule has 4 aromatic rings. The SMILES string of the molecule is COc1ccc(-c2nc(-c3nc4ccccc4s3)cs2)cc1. The molecule has 108 valence electrons. The number of para-hydroxylation sites is 1. The van der Waals surface area contributed by atoms with Crippen LogP contribution < -0.4 is 4.74 Å². The number of aromatic nitrogens is 2. The van der Waals surface area contributed by atoms with E-state index in [4.69, 9.17) is 9.72 Å². The number of hydrogen-bond donors (Lipinski definition) is 0. The minimum absolute atomic E-state index is 0.853. The largest absolute Gasteiger partial charge is 0.497 e. The highest BCUT2D eigenvalue weighted by molar-refractivity contribution is 7.22. The monoisotopic (exact) mass is 324 g/mol. The number of benzene rings is 2. The van der Waals surface area contributed by atoms with Crippen LogP contribution in [0.15, 0.2) is 53.9 Å². The molecule has 0 aliphatic rings.